The molecule has 0 bridgehead atoms. The molecule has 0 atom stereocenters. The van der Waals surface area contributed by atoms with Gasteiger partial charge in [0.05, 0.1) is 11.2 Å². The maximum absolute atomic E-state index is 6.18. The van der Waals surface area contributed by atoms with E-state index in [0.29, 0.717) is 0 Å². The van der Waals surface area contributed by atoms with E-state index < -0.39 is 0 Å². The molecule has 0 radical (unpaired) electrons. The Morgan fingerprint density at radius 1 is 1.31 bits per heavy atom. The topological polar surface area (TPSA) is 29.9 Å². The molecular weight excluding hydrogens is 222 g/mol. The van der Waals surface area contributed by atoms with Crippen molar-refractivity contribution in [1.82, 2.24) is 9.55 Å². The standard InChI is InChI=1S/C12H12ClN3/c13-10-5-2-1-4-9(10)12-15-8-11-14-6-3-7-16(11)12/h1-2,4-5,8,14H,3,6-7H2. The lowest BCUT2D eigenvalue weighted by molar-refractivity contribution is 0.636. The summed E-state index contributed by atoms with van der Waals surface area (Å²) in [5, 5.41) is 4.08. The van der Waals surface area contributed by atoms with Gasteiger partial charge in [-0.15, -0.1) is 0 Å². The van der Waals surface area contributed by atoms with Crippen LogP contribution < -0.4 is 5.32 Å². The van der Waals surface area contributed by atoms with Gasteiger partial charge in [-0.05, 0) is 18.6 Å². The molecule has 16 heavy (non-hydrogen) atoms. The van der Waals surface area contributed by atoms with Gasteiger partial charge in [-0.2, -0.15) is 0 Å². The van der Waals surface area contributed by atoms with Gasteiger partial charge in [0.2, 0.25) is 0 Å². The number of imidazole rings is 1. The van der Waals surface area contributed by atoms with Crippen molar-refractivity contribution in [3.05, 3.63) is 35.5 Å². The van der Waals surface area contributed by atoms with Crippen LogP contribution in [-0.2, 0) is 6.54 Å². The Bertz CT molecular complexity index is 519. The van der Waals surface area contributed by atoms with Gasteiger partial charge in [-0.1, -0.05) is 23.7 Å². The molecular formula is C12H12ClN3. The van der Waals surface area contributed by atoms with E-state index >= 15 is 0 Å². The molecule has 1 aromatic heterocycles. The minimum atomic E-state index is 0.751. The summed E-state index contributed by atoms with van der Waals surface area (Å²) in [7, 11) is 0. The van der Waals surface area contributed by atoms with Crippen LogP contribution in [0.5, 0.6) is 0 Å². The van der Waals surface area contributed by atoms with Gasteiger partial charge in [0.1, 0.15) is 11.6 Å². The van der Waals surface area contributed by atoms with Crippen molar-refractivity contribution < 1.29 is 0 Å². The van der Waals surface area contributed by atoms with E-state index in [1.54, 1.807) is 0 Å². The molecule has 0 aliphatic carbocycles. The predicted molar refractivity (Wildman–Crippen MR) is 65.8 cm³/mol. The molecule has 1 aromatic carbocycles. The molecule has 1 aliphatic heterocycles. The third kappa shape index (κ3) is 1.48. The van der Waals surface area contributed by atoms with Gasteiger partial charge in [0.25, 0.3) is 0 Å². The fraction of sp³-hybridized carbons (Fsp3) is 0.250. The number of aromatic nitrogens is 2. The second kappa shape index (κ2) is 3.83. The van der Waals surface area contributed by atoms with Crippen LogP contribution in [0.25, 0.3) is 11.4 Å². The van der Waals surface area contributed by atoms with Crippen molar-refractivity contribution >= 4 is 17.4 Å². The summed E-state index contributed by atoms with van der Waals surface area (Å²) in [5.74, 6) is 2.04. The van der Waals surface area contributed by atoms with Crippen LogP contribution in [0.4, 0.5) is 5.82 Å². The van der Waals surface area contributed by atoms with E-state index in [9.17, 15) is 0 Å². The summed E-state index contributed by atoms with van der Waals surface area (Å²) < 4.78 is 2.19. The number of nitrogens with zero attached hydrogens (tertiary/aromatic N) is 2. The average molecular weight is 234 g/mol. The minimum absolute atomic E-state index is 0.751. The second-order valence-electron chi connectivity index (χ2n) is 3.88. The predicted octanol–water partition coefficient (Wildman–Crippen LogP) is 3.02. The van der Waals surface area contributed by atoms with Crippen LogP contribution in [0.1, 0.15) is 6.42 Å². The molecule has 4 heteroatoms. The summed E-state index contributed by atoms with van der Waals surface area (Å²) >= 11 is 6.18. The molecule has 0 saturated heterocycles. The Kier molecular flexibility index (Phi) is 2.33. The van der Waals surface area contributed by atoms with Crippen LogP contribution in [-0.4, -0.2) is 16.1 Å². The highest BCUT2D eigenvalue weighted by molar-refractivity contribution is 6.33. The van der Waals surface area contributed by atoms with Gasteiger partial charge < -0.3 is 9.88 Å². The second-order valence-corrected chi connectivity index (χ2v) is 4.29. The van der Waals surface area contributed by atoms with Gasteiger partial charge in [-0.25, -0.2) is 4.98 Å². The molecule has 0 spiro atoms. The number of anilines is 1. The summed E-state index contributed by atoms with van der Waals surface area (Å²) in [6.45, 7) is 2.02. The molecule has 2 heterocycles. The van der Waals surface area contributed by atoms with Crippen LogP contribution in [0.2, 0.25) is 5.02 Å². The van der Waals surface area contributed by atoms with E-state index in [2.05, 4.69) is 14.9 Å². The number of halogens is 1. The largest absolute Gasteiger partial charge is 0.370 e. The molecule has 1 aliphatic rings. The lowest BCUT2D eigenvalue weighted by Crippen LogP contribution is -2.17. The highest BCUT2D eigenvalue weighted by Gasteiger charge is 2.15. The number of rotatable bonds is 1. The van der Waals surface area contributed by atoms with Gasteiger partial charge in [0.15, 0.2) is 0 Å². The van der Waals surface area contributed by atoms with E-state index in [1.165, 1.54) is 0 Å². The maximum Gasteiger partial charge on any atom is 0.143 e. The van der Waals surface area contributed by atoms with Crippen molar-refractivity contribution in [1.29, 1.82) is 0 Å². The molecule has 3 rings (SSSR count). The van der Waals surface area contributed by atoms with E-state index in [4.69, 9.17) is 11.6 Å². The first-order chi connectivity index (χ1) is 7.86. The molecule has 0 unspecified atom stereocenters. The highest BCUT2D eigenvalue weighted by atomic mass is 35.5. The van der Waals surface area contributed by atoms with Crippen molar-refractivity contribution in [3.8, 4) is 11.4 Å². The summed E-state index contributed by atoms with van der Waals surface area (Å²) in [5.41, 5.74) is 0.999. The lowest BCUT2D eigenvalue weighted by atomic mass is 10.2. The van der Waals surface area contributed by atoms with E-state index in [0.717, 1.165) is 41.7 Å². The SMILES string of the molecule is Clc1ccccc1-c1ncc2n1CCCN2. The molecule has 3 nitrogen and oxygen atoms in total. The zero-order chi connectivity index (χ0) is 11.0. The van der Waals surface area contributed by atoms with Crippen LogP contribution in [0.3, 0.4) is 0 Å². The number of hydrogen-bond acceptors (Lipinski definition) is 2. The first kappa shape index (κ1) is 9.73. The van der Waals surface area contributed by atoms with Crippen molar-refractivity contribution in [2.45, 2.75) is 13.0 Å². The summed E-state index contributed by atoms with van der Waals surface area (Å²) in [4.78, 5) is 4.44. The molecule has 0 amide bonds. The third-order valence-electron chi connectivity index (χ3n) is 2.83. The Labute approximate surface area is 99.1 Å². The quantitative estimate of drug-likeness (QED) is 0.821. The van der Waals surface area contributed by atoms with Crippen LogP contribution in [0.15, 0.2) is 30.5 Å². The number of nitrogens with one attached hydrogen (secondary N) is 1. The lowest BCUT2D eigenvalue weighted by Gasteiger charge is -2.18. The number of fused-ring (bicyclic) bond motifs is 1. The number of hydrogen-bond donors (Lipinski definition) is 1. The van der Waals surface area contributed by atoms with Crippen LogP contribution >= 0.6 is 11.6 Å². The molecule has 0 saturated carbocycles. The maximum atomic E-state index is 6.18. The number of benzene rings is 1. The first-order valence-corrected chi connectivity index (χ1v) is 5.78. The normalized spacial score (nSPS) is 14.3. The Hall–Kier alpha value is -1.48. The Morgan fingerprint density at radius 2 is 2.19 bits per heavy atom. The van der Waals surface area contributed by atoms with Gasteiger partial charge in [0, 0.05) is 18.7 Å². The van der Waals surface area contributed by atoms with Gasteiger partial charge >= 0.3 is 0 Å². The third-order valence-corrected chi connectivity index (χ3v) is 3.16. The Morgan fingerprint density at radius 3 is 3.06 bits per heavy atom. The Balaban J connectivity index is 2.13. The molecule has 2 aromatic rings. The average Bonchev–Trinajstić information content (AvgIpc) is 2.74. The first-order valence-electron chi connectivity index (χ1n) is 5.40. The van der Waals surface area contributed by atoms with E-state index in [-0.39, 0.29) is 0 Å². The zero-order valence-electron chi connectivity index (χ0n) is 8.78. The van der Waals surface area contributed by atoms with Crippen molar-refractivity contribution in [3.63, 3.8) is 0 Å². The summed E-state index contributed by atoms with van der Waals surface area (Å²) in [6.07, 6.45) is 3.00. The van der Waals surface area contributed by atoms with Gasteiger partial charge in [-0.3, -0.25) is 0 Å². The molecule has 1 N–H and O–H groups in total. The molecule has 82 valence electrons. The fourth-order valence-electron chi connectivity index (χ4n) is 2.05. The smallest absolute Gasteiger partial charge is 0.143 e. The highest BCUT2D eigenvalue weighted by Crippen LogP contribution is 2.29. The van der Waals surface area contributed by atoms with E-state index in [1.807, 2.05) is 30.5 Å². The van der Waals surface area contributed by atoms with Crippen LogP contribution in [0, 0.1) is 0 Å². The van der Waals surface area contributed by atoms with Crippen molar-refractivity contribution in [2.75, 3.05) is 11.9 Å². The fourth-order valence-corrected chi connectivity index (χ4v) is 2.27. The van der Waals surface area contributed by atoms with Crippen molar-refractivity contribution in [2.24, 2.45) is 0 Å². The molecule has 0 fully saturated rings. The minimum Gasteiger partial charge on any atom is -0.370 e. The zero-order valence-corrected chi connectivity index (χ0v) is 9.54. The monoisotopic (exact) mass is 233 g/mol. The summed E-state index contributed by atoms with van der Waals surface area (Å²) in [6, 6.07) is 7.82.